The van der Waals surface area contributed by atoms with Gasteiger partial charge in [0.05, 0.1) is 17.4 Å². The second-order valence-corrected chi connectivity index (χ2v) is 6.63. The van der Waals surface area contributed by atoms with Crippen LogP contribution in [0.3, 0.4) is 0 Å². The number of rotatable bonds is 3. The van der Waals surface area contributed by atoms with E-state index in [-0.39, 0.29) is 5.91 Å². The molecule has 0 radical (unpaired) electrons. The van der Waals surface area contributed by atoms with Crippen molar-refractivity contribution in [2.24, 2.45) is 5.92 Å². The highest BCUT2D eigenvalue weighted by molar-refractivity contribution is 5.91. The molecule has 5 nitrogen and oxygen atoms in total. The molecule has 1 atom stereocenters. The highest BCUT2D eigenvalue weighted by atomic mass is 16.5. The molecule has 5 heteroatoms. The first-order chi connectivity index (χ1) is 10.7. The second-order valence-electron chi connectivity index (χ2n) is 6.63. The van der Waals surface area contributed by atoms with Gasteiger partial charge in [0, 0.05) is 19.2 Å². The van der Waals surface area contributed by atoms with Crippen LogP contribution in [0.2, 0.25) is 0 Å². The van der Waals surface area contributed by atoms with Crippen LogP contribution in [0.1, 0.15) is 38.3 Å². The summed E-state index contributed by atoms with van der Waals surface area (Å²) in [6.45, 7) is 3.95. The third-order valence-corrected chi connectivity index (χ3v) is 4.87. The summed E-state index contributed by atoms with van der Waals surface area (Å²) in [5.74, 6) is 2.04. The first-order valence-corrected chi connectivity index (χ1v) is 7.99. The highest BCUT2D eigenvalue weighted by Gasteiger charge is 2.55. The van der Waals surface area contributed by atoms with Crippen molar-refractivity contribution in [3.8, 4) is 11.5 Å². The summed E-state index contributed by atoms with van der Waals surface area (Å²) in [7, 11) is 0. The molecule has 2 aromatic heterocycles. The van der Waals surface area contributed by atoms with Crippen LogP contribution in [-0.4, -0.2) is 29.1 Å². The average molecular weight is 300 g/mol. The van der Waals surface area contributed by atoms with Crippen LogP contribution in [-0.2, 0) is 10.2 Å². The summed E-state index contributed by atoms with van der Waals surface area (Å²) in [6, 6.07) is 5.50. The fraction of sp³-hybridized carbons (Fsp3) is 0.529. The molecule has 0 spiro atoms. The Kier molecular flexibility index (Phi) is 3.10. The highest BCUT2D eigenvalue weighted by Crippen LogP contribution is 2.50. The lowest BCUT2D eigenvalue weighted by Gasteiger charge is -2.33. The van der Waals surface area contributed by atoms with E-state index in [4.69, 9.17) is 8.94 Å². The third kappa shape index (κ3) is 2.16. The van der Waals surface area contributed by atoms with Gasteiger partial charge in [-0.25, -0.2) is 0 Å². The summed E-state index contributed by atoms with van der Waals surface area (Å²) < 4.78 is 10.7. The molecule has 2 aromatic rings. The van der Waals surface area contributed by atoms with E-state index in [0.717, 1.165) is 38.0 Å². The maximum atomic E-state index is 12.9. The van der Waals surface area contributed by atoms with Crippen LogP contribution in [0.4, 0.5) is 0 Å². The van der Waals surface area contributed by atoms with Gasteiger partial charge >= 0.3 is 0 Å². The normalized spacial score (nSPS) is 23.5. The van der Waals surface area contributed by atoms with Gasteiger partial charge in [-0.05, 0) is 43.7 Å². The van der Waals surface area contributed by atoms with Crippen LogP contribution in [0.15, 0.2) is 33.4 Å². The average Bonchev–Trinajstić information content (AvgIpc) is 2.95. The minimum absolute atomic E-state index is 0.221. The predicted molar refractivity (Wildman–Crippen MR) is 80.1 cm³/mol. The molecule has 22 heavy (non-hydrogen) atoms. The minimum Gasteiger partial charge on any atom is -0.461 e. The SMILES string of the molecule is CC1CCCN(C(=O)C2(c3cc(-c4ccco4)on3)CC2)C1. The van der Waals surface area contributed by atoms with Crippen molar-refractivity contribution >= 4 is 5.91 Å². The molecular formula is C17H20N2O3. The van der Waals surface area contributed by atoms with Gasteiger partial charge in [-0.2, -0.15) is 0 Å². The lowest BCUT2D eigenvalue weighted by molar-refractivity contribution is -0.135. The van der Waals surface area contributed by atoms with Crippen LogP contribution in [0.5, 0.6) is 0 Å². The molecule has 2 aliphatic rings. The van der Waals surface area contributed by atoms with Gasteiger partial charge in [0.1, 0.15) is 0 Å². The van der Waals surface area contributed by atoms with Crippen molar-refractivity contribution < 1.29 is 13.7 Å². The molecule has 0 N–H and O–H groups in total. The fourth-order valence-corrected chi connectivity index (χ4v) is 3.42. The quantitative estimate of drug-likeness (QED) is 0.873. The van der Waals surface area contributed by atoms with E-state index in [1.807, 2.05) is 23.1 Å². The van der Waals surface area contributed by atoms with Gasteiger partial charge in [0.15, 0.2) is 5.76 Å². The molecule has 1 saturated heterocycles. The summed E-state index contributed by atoms with van der Waals surface area (Å²) in [5.41, 5.74) is 0.299. The summed E-state index contributed by atoms with van der Waals surface area (Å²) in [5, 5.41) is 4.16. The van der Waals surface area contributed by atoms with E-state index in [2.05, 4.69) is 12.1 Å². The Morgan fingerprint density at radius 1 is 1.41 bits per heavy atom. The number of hydrogen-bond donors (Lipinski definition) is 0. The zero-order valence-corrected chi connectivity index (χ0v) is 12.7. The first kappa shape index (κ1) is 13.6. The Bertz CT molecular complexity index is 670. The maximum absolute atomic E-state index is 12.9. The standard InChI is InChI=1S/C17H20N2O3/c1-12-4-2-8-19(11-12)16(20)17(6-7-17)15-10-14(22-18-15)13-5-3-9-21-13/h3,5,9-10,12H,2,4,6-8,11H2,1H3. The lowest BCUT2D eigenvalue weighted by atomic mass is 9.95. The van der Waals surface area contributed by atoms with E-state index < -0.39 is 5.41 Å². The Morgan fingerprint density at radius 2 is 2.27 bits per heavy atom. The Morgan fingerprint density at radius 3 is 2.95 bits per heavy atom. The van der Waals surface area contributed by atoms with Gasteiger partial charge in [-0.1, -0.05) is 12.1 Å². The summed E-state index contributed by atoms with van der Waals surface area (Å²) in [6.07, 6.45) is 5.63. The first-order valence-electron chi connectivity index (χ1n) is 7.99. The number of nitrogens with zero attached hydrogens (tertiary/aromatic N) is 2. The van der Waals surface area contributed by atoms with Crippen molar-refractivity contribution in [1.82, 2.24) is 10.1 Å². The van der Waals surface area contributed by atoms with Gasteiger partial charge in [0.2, 0.25) is 11.7 Å². The van der Waals surface area contributed by atoms with Gasteiger partial charge in [0.25, 0.3) is 0 Å². The zero-order valence-electron chi connectivity index (χ0n) is 12.7. The van der Waals surface area contributed by atoms with Crippen LogP contribution in [0.25, 0.3) is 11.5 Å². The van der Waals surface area contributed by atoms with Gasteiger partial charge in [-0.3, -0.25) is 4.79 Å². The lowest BCUT2D eigenvalue weighted by Crippen LogP contribution is -2.44. The monoisotopic (exact) mass is 300 g/mol. The number of piperidine rings is 1. The Labute approximate surface area is 129 Å². The van der Waals surface area contributed by atoms with Gasteiger partial charge in [-0.15, -0.1) is 0 Å². The molecule has 1 saturated carbocycles. The van der Waals surface area contributed by atoms with Crippen molar-refractivity contribution in [3.63, 3.8) is 0 Å². The van der Waals surface area contributed by atoms with Crippen molar-refractivity contribution in [1.29, 1.82) is 0 Å². The molecule has 1 aliphatic carbocycles. The third-order valence-electron chi connectivity index (χ3n) is 4.87. The minimum atomic E-state index is -0.453. The van der Waals surface area contributed by atoms with E-state index in [1.165, 1.54) is 6.42 Å². The van der Waals surface area contributed by atoms with Crippen LogP contribution in [0, 0.1) is 5.92 Å². The number of hydrogen-bond acceptors (Lipinski definition) is 4. The van der Waals surface area contributed by atoms with Crippen LogP contribution >= 0.6 is 0 Å². The Hall–Kier alpha value is -2.04. The van der Waals surface area contributed by atoms with Crippen LogP contribution < -0.4 is 0 Å². The molecule has 1 unspecified atom stereocenters. The molecule has 1 amide bonds. The van der Waals surface area contributed by atoms with Gasteiger partial charge < -0.3 is 13.8 Å². The predicted octanol–water partition coefficient (Wildman–Crippen LogP) is 3.22. The molecule has 3 heterocycles. The second kappa shape index (κ2) is 5.00. The number of amides is 1. The number of carbonyl (C=O) groups is 1. The molecule has 0 bridgehead atoms. The van der Waals surface area contributed by atoms with Crippen molar-refractivity contribution in [2.75, 3.05) is 13.1 Å². The molecule has 1 aliphatic heterocycles. The topological polar surface area (TPSA) is 59.5 Å². The van der Waals surface area contributed by atoms with E-state index in [9.17, 15) is 4.79 Å². The zero-order chi connectivity index (χ0) is 15.2. The number of carbonyl (C=O) groups excluding carboxylic acids is 1. The summed E-state index contributed by atoms with van der Waals surface area (Å²) in [4.78, 5) is 15.0. The maximum Gasteiger partial charge on any atom is 0.234 e. The number of furan rings is 1. The molecule has 116 valence electrons. The fourth-order valence-electron chi connectivity index (χ4n) is 3.42. The van der Waals surface area contributed by atoms with E-state index in [0.29, 0.717) is 17.4 Å². The molecule has 0 aromatic carbocycles. The van der Waals surface area contributed by atoms with Crippen molar-refractivity contribution in [2.45, 2.75) is 38.0 Å². The number of likely N-dealkylation sites (tertiary alicyclic amines) is 1. The van der Waals surface area contributed by atoms with E-state index >= 15 is 0 Å². The summed E-state index contributed by atoms with van der Waals surface area (Å²) >= 11 is 0. The smallest absolute Gasteiger partial charge is 0.234 e. The molecule has 4 rings (SSSR count). The van der Waals surface area contributed by atoms with E-state index in [1.54, 1.807) is 6.26 Å². The molecular weight excluding hydrogens is 280 g/mol. The Balaban J connectivity index is 1.57. The number of aromatic nitrogens is 1. The molecule has 2 fully saturated rings. The van der Waals surface area contributed by atoms with Crippen molar-refractivity contribution in [3.05, 3.63) is 30.2 Å². The largest absolute Gasteiger partial charge is 0.461 e.